The molecule has 0 saturated carbocycles. The smallest absolute Gasteiger partial charge is 0.442 e. The van der Waals surface area contributed by atoms with Crippen LogP contribution in [0.25, 0.3) is 22.1 Å². The first kappa shape index (κ1) is 12.9. The number of furan rings is 1. The van der Waals surface area contributed by atoms with E-state index >= 15 is 0 Å². The molecule has 0 unspecified atom stereocenters. The number of fused-ring (bicyclic) bond motifs is 1. The van der Waals surface area contributed by atoms with E-state index in [2.05, 4.69) is 0 Å². The molecule has 2 aromatic carbocycles. The summed E-state index contributed by atoms with van der Waals surface area (Å²) in [6, 6.07) is 13.0. The predicted octanol–water partition coefficient (Wildman–Crippen LogP) is 3.71. The zero-order chi connectivity index (χ0) is 15.0. The number of benzene rings is 2. The summed E-state index contributed by atoms with van der Waals surface area (Å²) in [5, 5.41) is 20.7. The van der Waals surface area contributed by atoms with Gasteiger partial charge in [0, 0.05) is 5.39 Å². The van der Waals surface area contributed by atoms with Crippen LogP contribution in [0.2, 0.25) is 0 Å². The molecule has 0 saturated heterocycles. The van der Waals surface area contributed by atoms with Crippen molar-refractivity contribution in [1.29, 1.82) is 0 Å². The van der Waals surface area contributed by atoms with E-state index < -0.39 is 16.8 Å². The van der Waals surface area contributed by atoms with Gasteiger partial charge in [0.15, 0.2) is 0 Å². The Morgan fingerprint density at radius 3 is 2.48 bits per heavy atom. The normalized spacial score (nSPS) is 10.7. The Morgan fingerprint density at radius 1 is 1.14 bits per heavy atom. The highest BCUT2D eigenvalue weighted by Gasteiger charge is 2.25. The van der Waals surface area contributed by atoms with Crippen LogP contribution in [-0.4, -0.2) is 16.0 Å². The Kier molecular flexibility index (Phi) is 2.91. The number of hydrogen-bond donors (Lipinski definition) is 1. The average molecular weight is 283 g/mol. The Labute approximate surface area is 118 Å². The number of rotatable bonds is 3. The highest BCUT2D eigenvalue weighted by molar-refractivity contribution is 6.01. The molecule has 0 radical (unpaired) electrons. The minimum absolute atomic E-state index is 0.0192. The van der Waals surface area contributed by atoms with Gasteiger partial charge in [-0.2, -0.15) is 0 Å². The second kappa shape index (κ2) is 4.75. The first-order valence-electron chi connectivity index (χ1n) is 6.07. The molecule has 0 aliphatic rings. The van der Waals surface area contributed by atoms with Crippen molar-refractivity contribution in [3.8, 4) is 11.1 Å². The number of carboxylic acid groups (broad SMARTS) is 1. The third-order valence-electron chi connectivity index (χ3n) is 3.15. The Morgan fingerprint density at radius 2 is 1.86 bits per heavy atom. The van der Waals surface area contributed by atoms with Gasteiger partial charge in [0.05, 0.1) is 5.56 Å². The van der Waals surface area contributed by atoms with Crippen LogP contribution in [0.15, 0.2) is 52.9 Å². The molecule has 0 atom stereocenters. The molecule has 3 aromatic rings. The molecule has 0 aliphatic carbocycles. The number of nitrogens with zero attached hydrogens (tertiary/aromatic N) is 1. The van der Waals surface area contributed by atoms with Gasteiger partial charge in [-0.05, 0) is 23.8 Å². The average Bonchev–Trinajstić information content (AvgIpc) is 2.86. The highest BCUT2D eigenvalue weighted by atomic mass is 16.6. The van der Waals surface area contributed by atoms with Crippen molar-refractivity contribution in [2.45, 2.75) is 0 Å². The van der Waals surface area contributed by atoms with Crippen LogP contribution in [-0.2, 0) is 0 Å². The van der Waals surface area contributed by atoms with E-state index in [1.165, 1.54) is 18.2 Å². The van der Waals surface area contributed by atoms with E-state index in [9.17, 15) is 14.9 Å². The van der Waals surface area contributed by atoms with E-state index in [-0.39, 0.29) is 11.1 Å². The molecule has 0 aliphatic heterocycles. The molecule has 1 heterocycles. The summed E-state index contributed by atoms with van der Waals surface area (Å²) in [7, 11) is 0. The summed E-state index contributed by atoms with van der Waals surface area (Å²) >= 11 is 0. The lowest BCUT2D eigenvalue weighted by Gasteiger charge is -1.98. The van der Waals surface area contributed by atoms with Crippen LogP contribution >= 0.6 is 0 Å². The van der Waals surface area contributed by atoms with Gasteiger partial charge >= 0.3 is 11.9 Å². The van der Waals surface area contributed by atoms with E-state index in [0.717, 1.165) is 0 Å². The first-order chi connectivity index (χ1) is 10.1. The molecule has 3 rings (SSSR count). The van der Waals surface area contributed by atoms with Crippen molar-refractivity contribution in [3.63, 3.8) is 0 Å². The first-order valence-corrected chi connectivity index (χ1v) is 6.07. The van der Waals surface area contributed by atoms with Crippen molar-refractivity contribution in [2.24, 2.45) is 0 Å². The summed E-state index contributed by atoms with van der Waals surface area (Å²) in [4.78, 5) is 21.5. The van der Waals surface area contributed by atoms with Gasteiger partial charge in [0.2, 0.25) is 0 Å². The van der Waals surface area contributed by atoms with Crippen LogP contribution in [0.1, 0.15) is 10.4 Å². The van der Waals surface area contributed by atoms with Gasteiger partial charge in [0.1, 0.15) is 16.1 Å². The quantitative estimate of drug-likeness (QED) is 0.584. The molecular formula is C15H9NO5. The topological polar surface area (TPSA) is 93.6 Å². The maximum Gasteiger partial charge on any atom is 0.442 e. The minimum atomic E-state index is -1.11. The van der Waals surface area contributed by atoms with Crippen molar-refractivity contribution in [1.82, 2.24) is 0 Å². The third-order valence-corrected chi connectivity index (χ3v) is 3.15. The molecular weight excluding hydrogens is 274 g/mol. The van der Waals surface area contributed by atoms with Crippen LogP contribution in [0.3, 0.4) is 0 Å². The zero-order valence-electron chi connectivity index (χ0n) is 10.6. The second-order valence-corrected chi connectivity index (χ2v) is 4.42. The molecule has 0 amide bonds. The molecule has 1 aromatic heterocycles. The Hall–Kier alpha value is -3.15. The van der Waals surface area contributed by atoms with Crippen molar-refractivity contribution in [2.75, 3.05) is 0 Å². The number of carboxylic acids is 1. The molecule has 0 spiro atoms. The summed E-state index contributed by atoms with van der Waals surface area (Å²) in [5.74, 6) is -1.50. The zero-order valence-corrected chi connectivity index (χ0v) is 10.6. The molecule has 0 fully saturated rings. The lowest BCUT2D eigenvalue weighted by atomic mass is 10.0. The number of hydrogen-bond acceptors (Lipinski definition) is 4. The van der Waals surface area contributed by atoms with E-state index in [4.69, 9.17) is 9.52 Å². The SMILES string of the molecule is O=C(O)c1ccc2c(-c3ccccc3)c([N+](=O)[O-])oc2c1. The number of aromatic carboxylic acids is 1. The fourth-order valence-corrected chi connectivity index (χ4v) is 2.23. The van der Waals surface area contributed by atoms with Gasteiger partial charge in [0.25, 0.3) is 0 Å². The van der Waals surface area contributed by atoms with Crippen LogP contribution < -0.4 is 0 Å². The van der Waals surface area contributed by atoms with Gasteiger partial charge in [-0.3, -0.25) is 10.1 Å². The van der Waals surface area contributed by atoms with Crippen molar-refractivity contribution >= 4 is 22.8 Å². The van der Waals surface area contributed by atoms with Crippen molar-refractivity contribution in [3.05, 3.63) is 64.2 Å². The molecule has 21 heavy (non-hydrogen) atoms. The van der Waals surface area contributed by atoms with Crippen LogP contribution in [0.4, 0.5) is 5.88 Å². The molecule has 0 bridgehead atoms. The lowest BCUT2D eigenvalue weighted by Crippen LogP contribution is -1.94. The number of carbonyl (C=O) groups is 1. The van der Waals surface area contributed by atoms with Crippen LogP contribution in [0, 0.1) is 10.1 Å². The Balaban J connectivity index is 2.33. The van der Waals surface area contributed by atoms with E-state index in [0.29, 0.717) is 16.5 Å². The van der Waals surface area contributed by atoms with Gasteiger partial charge < -0.3 is 9.52 Å². The third kappa shape index (κ3) is 2.12. The summed E-state index contributed by atoms with van der Waals surface area (Å²) in [5.41, 5.74) is 1.20. The molecule has 6 heteroatoms. The van der Waals surface area contributed by atoms with Gasteiger partial charge in [-0.1, -0.05) is 30.3 Å². The molecule has 6 nitrogen and oxygen atoms in total. The van der Waals surface area contributed by atoms with Gasteiger partial charge in [-0.15, -0.1) is 0 Å². The molecule has 1 N–H and O–H groups in total. The lowest BCUT2D eigenvalue weighted by molar-refractivity contribution is -0.400. The highest BCUT2D eigenvalue weighted by Crippen LogP contribution is 2.39. The van der Waals surface area contributed by atoms with Crippen LogP contribution in [0.5, 0.6) is 0 Å². The monoisotopic (exact) mass is 283 g/mol. The minimum Gasteiger partial charge on any atom is -0.478 e. The fraction of sp³-hybridized carbons (Fsp3) is 0. The van der Waals surface area contributed by atoms with Crippen molar-refractivity contribution < 1.29 is 19.2 Å². The summed E-state index contributed by atoms with van der Waals surface area (Å²) in [6.07, 6.45) is 0. The molecule has 104 valence electrons. The standard InChI is InChI=1S/C15H9NO5/c17-15(18)10-6-7-11-12(8-10)21-14(16(19)20)13(11)9-4-2-1-3-5-9/h1-8H,(H,17,18). The summed E-state index contributed by atoms with van der Waals surface area (Å²) < 4.78 is 5.24. The number of nitro groups is 1. The maximum atomic E-state index is 11.2. The van der Waals surface area contributed by atoms with Gasteiger partial charge in [-0.25, -0.2) is 4.79 Å². The fourth-order valence-electron chi connectivity index (χ4n) is 2.23. The van der Waals surface area contributed by atoms with E-state index in [1.807, 2.05) is 0 Å². The largest absolute Gasteiger partial charge is 0.478 e. The maximum absolute atomic E-state index is 11.2. The van der Waals surface area contributed by atoms with E-state index in [1.54, 1.807) is 30.3 Å². The predicted molar refractivity (Wildman–Crippen MR) is 75.3 cm³/mol. The Bertz CT molecular complexity index is 851. The second-order valence-electron chi connectivity index (χ2n) is 4.42. The summed E-state index contributed by atoms with van der Waals surface area (Å²) in [6.45, 7) is 0.